The van der Waals surface area contributed by atoms with Crippen LogP contribution >= 0.6 is 0 Å². The molecule has 3 N–H and O–H groups in total. The zero-order valence-electron chi connectivity index (χ0n) is 14.9. The SMILES string of the molecule is CCCNC(C)(CC(C)N(CCC)CCN(C)C)C(N)=O. The van der Waals surface area contributed by atoms with Crippen molar-refractivity contribution in [3.8, 4) is 0 Å². The van der Waals surface area contributed by atoms with Crippen molar-refractivity contribution in [3.63, 3.8) is 0 Å². The topological polar surface area (TPSA) is 61.6 Å². The van der Waals surface area contributed by atoms with Gasteiger partial charge in [0.25, 0.3) is 0 Å². The van der Waals surface area contributed by atoms with Gasteiger partial charge in [-0.05, 0) is 60.3 Å². The summed E-state index contributed by atoms with van der Waals surface area (Å²) in [6.45, 7) is 12.3. The van der Waals surface area contributed by atoms with Gasteiger partial charge in [0.2, 0.25) is 5.91 Å². The van der Waals surface area contributed by atoms with Gasteiger partial charge in [-0.2, -0.15) is 0 Å². The molecule has 126 valence electrons. The number of hydrogen-bond acceptors (Lipinski definition) is 4. The minimum absolute atomic E-state index is 0.258. The van der Waals surface area contributed by atoms with E-state index in [2.05, 4.69) is 50.0 Å². The van der Waals surface area contributed by atoms with Crippen LogP contribution in [0.25, 0.3) is 0 Å². The number of nitrogens with two attached hydrogens (primary N) is 1. The molecule has 0 aliphatic rings. The van der Waals surface area contributed by atoms with E-state index in [0.717, 1.165) is 45.4 Å². The van der Waals surface area contributed by atoms with E-state index in [1.165, 1.54) is 0 Å². The predicted molar refractivity (Wildman–Crippen MR) is 90.4 cm³/mol. The summed E-state index contributed by atoms with van der Waals surface area (Å²) in [4.78, 5) is 16.5. The number of nitrogens with zero attached hydrogens (tertiary/aromatic N) is 2. The number of amides is 1. The number of rotatable bonds is 12. The first-order valence-corrected chi connectivity index (χ1v) is 8.20. The van der Waals surface area contributed by atoms with E-state index in [1.807, 2.05) is 6.92 Å². The highest BCUT2D eigenvalue weighted by molar-refractivity contribution is 5.84. The highest BCUT2D eigenvalue weighted by Gasteiger charge is 2.33. The van der Waals surface area contributed by atoms with Crippen molar-refractivity contribution < 1.29 is 4.79 Å². The van der Waals surface area contributed by atoms with Crippen LogP contribution in [0.5, 0.6) is 0 Å². The van der Waals surface area contributed by atoms with Crippen molar-refractivity contribution in [2.24, 2.45) is 5.73 Å². The van der Waals surface area contributed by atoms with Gasteiger partial charge < -0.3 is 16.0 Å². The fraction of sp³-hybridized carbons (Fsp3) is 0.938. The van der Waals surface area contributed by atoms with Crippen LogP contribution in [0.3, 0.4) is 0 Å². The van der Waals surface area contributed by atoms with Crippen LogP contribution in [0.4, 0.5) is 0 Å². The summed E-state index contributed by atoms with van der Waals surface area (Å²) in [5, 5.41) is 3.33. The number of carbonyl (C=O) groups is 1. The number of likely N-dealkylation sites (N-methyl/N-ethyl adjacent to an activating group) is 1. The second-order valence-corrected chi connectivity index (χ2v) is 6.52. The number of nitrogens with one attached hydrogen (secondary N) is 1. The molecule has 0 saturated carbocycles. The van der Waals surface area contributed by atoms with Gasteiger partial charge in [0.1, 0.15) is 0 Å². The quantitative estimate of drug-likeness (QED) is 0.570. The molecule has 2 atom stereocenters. The van der Waals surface area contributed by atoms with Crippen LogP contribution in [0.2, 0.25) is 0 Å². The molecule has 0 aromatic rings. The Bertz CT molecular complexity index is 296. The largest absolute Gasteiger partial charge is 0.368 e. The van der Waals surface area contributed by atoms with Crippen LogP contribution in [0, 0.1) is 0 Å². The summed E-state index contributed by atoms with van der Waals surface area (Å²) < 4.78 is 0. The van der Waals surface area contributed by atoms with Crippen molar-refractivity contribution >= 4 is 5.91 Å². The standard InChI is InChI=1S/C16H36N4O/c1-7-9-18-16(4,15(17)21)13-14(3)20(10-8-2)12-11-19(5)6/h14,18H,7-13H2,1-6H3,(H2,17,21). The summed E-state index contributed by atoms with van der Waals surface area (Å²) in [6, 6.07) is 0.326. The van der Waals surface area contributed by atoms with Crippen LogP contribution < -0.4 is 11.1 Å². The first kappa shape index (κ1) is 20.3. The Morgan fingerprint density at radius 3 is 2.24 bits per heavy atom. The predicted octanol–water partition coefficient (Wildman–Crippen LogP) is 1.28. The van der Waals surface area contributed by atoms with Gasteiger partial charge in [0, 0.05) is 19.1 Å². The second kappa shape index (κ2) is 10.1. The molecule has 0 aliphatic carbocycles. The molecule has 0 rings (SSSR count). The molecule has 0 spiro atoms. The summed E-state index contributed by atoms with van der Waals surface area (Å²) >= 11 is 0. The average molecular weight is 300 g/mol. The van der Waals surface area contributed by atoms with Crippen molar-refractivity contribution in [1.82, 2.24) is 15.1 Å². The van der Waals surface area contributed by atoms with Gasteiger partial charge in [0.05, 0.1) is 5.54 Å². The maximum absolute atomic E-state index is 11.8. The third-order valence-electron chi connectivity index (χ3n) is 3.98. The molecule has 5 nitrogen and oxygen atoms in total. The molecule has 0 heterocycles. The maximum atomic E-state index is 11.8. The molecular weight excluding hydrogens is 264 g/mol. The Balaban J connectivity index is 4.73. The lowest BCUT2D eigenvalue weighted by atomic mass is 9.91. The van der Waals surface area contributed by atoms with Crippen molar-refractivity contribution in [3.05, 3.63) is 0 Å². The van der Waals surface area contributed by atoms with Crippen LogP contribution in [-0.4, -0.2) is 67.6 Å². The smallest absolute Gasteiger partial charge is 0.237 e. The van der Waals surface area contributed by atoms with Crippen LogP contribution in [0.1, 0.15) is 47.0 Å². The molecule has 5 heteroatoms. The summed E-state index contributed by atoms with van der Waals surface area (Å²) in [6.07, 6.45) is 2.86. The van der Waals surface area contributed by atoms with E-state index in [1.54, 1.807) is 0 Å². The van der Waals surface area contributed by atoms with E-state index in [9.17, 15) is 4.79 Å². The van der Waals surface area contributed by atoms with E-state index in [0.29, 0.717) is 6.04 Å². The molecule has 21 heavy (non-hydrogen) atoms. The third-order valence-corrected chi connectivity index (χ3v) is 3.98. The Morgan fingerprint density at radius 1 is 1.19 bits per heavy atom. The minimum Gasteiger partial charge on any atom is -0.368 e. The van der Waals surface area contributed by atoms with Crippen molar-refractivity contribution in [2.45, 2.75) is 58.5 Å². The Labute approximate surface area is 131 Å². The lowest BCUT2D eigenvalue weighted by Crippen LogP contribution is -2.56. The lowest BCUT2D eigenvalue weighted by molar-refractivity contribution is -0.124. The van der Waals surface area contributed by atoms with Gasteiger partial charge in [-0.25, -0.2) is 0 Å². The van der Waals surface area contributed by atoms with Gasteiger partial charge in [-0.1, -0.05) is 13.8 Å². The summed E-state index contributed by atoms with van der Waals surface area (Å²) in [5.74, 6) is -0.258. The van der Waals surface area contributed by atoms with Gasteiger partial charge in [-0.15, -0.1) is 0 Å². The molecule has 1 amide bonds. The lowest BCUT2D eigenvalue weighted by Gasteiger charge is -2.36. The molecule has 0 fully saturated rings. The molecule has 0 aromatic heterocycles. The van der Waals surface area contributed by atoms with Gasteiger partial charge in [0.15, 0.2) is 0 Å². The molecule has 2 unspecified atom stereocenters. The molecule has 0 aliphatic heterocycles. The van der Waals surface area contributed by atoms with Gasteiger partial charge >= 0.3 is 0 Å². The van der Waals surface area contributed by atoms with Crippen LogP contribution in [0.15, 0.2) is 0 Å². The zero-order valence-corrected chi connectivity index (χ0v) is 14.9. The number of primary amides is 1. The van der Waals surface area contributed by atoms with E-state index in [-0.39, 0.29) is 5.91 Å². The molecular formula is C16H36N4O. The Morgan fingerprint density at radius 2 is 1.81 bits per heavy atom. The highest BCUT2D eigenvalue weighted by Crippen LogP contribution is 2.17. The van der Waals surface area contributed by atoms with Crippen molar-refractivity contribution in [2.75, 3.05) is 40.3 Å². The minimum atomic E-state index is -0.625. The fourth-order valence-electron chi connectivity index (χ4n) is 2.55. The number of hydrogen-bond donors (Lipinski definition) is 2. The fourth-order valence-corrected chi connectivity index (χ4v) is 2.55. The molecule has 0 radical (unpaired) electrons. The molecule has 0 saturated heterocycles. The second-order valence-electron chi connectivity index (χ2n) is 6.52. The first-order chi connectivity index (χ1) is 9.76. The van der Waals surface area contributed by atoms with Crippen molar-refractivity contribution in [1.29, 1.82) is 0 Å². The number of carbonyl (C=O) groups excluding carboxylic acids is 1. The third kappa shape index (κ3) is 7.79. The van der Waals surface area contributed by atoms with E-state index < -0.39 is 5.54 Å². The maximum Gasteiger partial charge on any atom is 0.237 e. The normalized spacial score (nSPS) is 16.2. The highest BCUT2D eigenvalue weighted by atomic mass is 16.1. The summed E-state index contributed by atoms with van der Waals surface area (Å²) in [7, 11) is 4.18. The van der Waals surface area contributed by atoms with Crippen LogP contribution in [-0.2, 0) is 4.79 Å². The molecule has 0 bridgehead atoms. The average Bonchev–Trinajstić information content (AvgIpc) is 2.40. The first-order valence-electron chi connectivity index (χ1n) is 8.20. The molecule has 0 aromatic carbocycles. The Kier molecular flexibility index (Phi) is 9.83. The zero-order chi connectivity index (χ0) is 16.5. The van der Waals surface area contributed by atoms with E-state index >= 15 is 0 Å². The Hall–Kier alpha value is -0.650. The summed E-state index contributed by atoms with van der Waals surface area (Å²) in [5.41, 5.74) is 5.00. The monoisotopic (exact) mass is 300 g/mol. The van der Waals surface area contributed by atoms with E-state index in [4.69, 9.17) is 5.73 Å². The van der Waals surface area contributed by atoms with Gasteiger partial charge in [-0.3, -0.25) is 9.69 Å².